The summed E-state index contributed by atoms with van der Waals surface area (Å²) in [5.74, 6) is 0. The van der Waals surface area contributed by atoms with E-state index in [1.165, 1.54) is 0 Å². The maximum Gasteiger partial charge on any atom is 0.411 e. The molecule has 0 amide bonds. The van der Waals surface area contributed by atoms with Crippen molar-refractivity contribution in [3.05, 3.63) is 47.5 Å². The topological polar surface area (TPSA) is 104 Å². The summed E-state index contributed by atoms with van der Waals surface area (Å²) >= 11 is 0. The summed E-state index contributed by atoms with van der Waals surface area (Å²) < 4.78 is 148. The molecule has 0 bridgehead atoms. The van der Waals surface area contributed by atoms with Crippen molar-refractivity contribution in [3.63, 3.8) is 0 Å². The zero-order valence-corrected chi connectivity index (χ0v) is 16.5. The molecule has 0 saturated heterocycles. The summed E-state index contributed by atoms with van der Waals surface area (Å²) in [5.41, 5.74) is 14.0. The van der Waals surface area contributed by atoms with Crippen LogP contribution in [-0.4, -0.2) is 24.7 Å². The quantitative estimate of drug-likeness (QED) is 0.294. The van der Waals surface area contributed by atoms with E-state index in [0.29, 0.717) is 24.3 Å². The summed E-state index contributed by atoms with van der Waals surface area (Å²) in [4.78, 5) is 0. The number of halogens is 12. The van der Waals surface area contributed by atoms with Crippen molar-refractivity contribution in [1.29, 1.82) is 0 Å². The number of rotatable bonds is 2. The van der Waals surface area contributed by atoms with Crippen molar-refractivity contribution in [1.82, 2.24) is 0 Å². The molecule has 0 atom stereocenters. The molecule has 0 spiro atoms. The minimum atomic E-state index is -5.74. The van der Waals surface area contributed by atoms with Crippen molar-refractivity contribution in [2.24, 2.45) is 0 Å². The summed E-state index contributed by atoms with van der Waals surface area (Å²) in [7, 11) is 0. The number of alkyl halides is 12. The Bertz CT molecular complexity index is 911. The molecule has 0 radical (unpaired) electrons. The molecule has 2 aromatic rings. The van der Waals surface area contributed by atoms with Gasteiger partial charge >= 0.3 is 24.7 Å². The first-order chi connectivity index (χ1) is 15.0. The van der Waals surface area contributed by atoms with Crippen LogP contribution in [0.2, 0.25) is 0 Å². The zero-order valence-electron chi connectivity index (χ0n) is 16.5. The molecule has 0 aliphatic carbocycles. The van der Waals surface area contributed by atoms with Crippen LogP contribution in [0.4, 0.5) is 75.4 Å². The molecule has 0 fully saturated rings. The number of anilines is 4. The van der Waals surface area contributed by atoms with E-state index in [1.807, 2.05) is 0 Å². The molecule has 0 aliphatic rings. The molecule has 192 valence electrons. The molecule has 2 rings (SSSR count). The summed E-state index contributed by atoms with van der Waals surface area (Å²) in [5, 5.41) is 0. The van der Waals surface area contributed by atoms with Gasteiger partial charge < -0.3 is 22.9 Å². The largest absolute Gasteiger partial charge is 0.411 e. The molecule has 16 heteroatoms. The smallest absolute Gasteiger partial charge is 0.397 e. The summed E-state index contributed by atoms with van der Waals surface area (Å²) in [6, 6.07) is 4.17. The lowest BCUT2D eigenvalue weighted by molar-refractivity contribution is -0.288. The second kappa shape index (κ2) is 9.21. The fraction of sp³-hybridized carbons (Fsp3) is 0.333. The molecule has 4 nitrogen and oxygen atoms in total. The molecular formula is C18H16F12N4. The minimum Gasteiger partial charge on any atom is -0.397 e. The summed E-state index contributed by atoms with van der Waals surface area (Å²) in [6.45, 7) is 0. The van der Waals surface area contributed by atoms with E-state index in [1.54, 1.807) is 0 Å². The lowest BCUT2D eigenvalue weighted by Gasteiger charge is -2.38. The van der Waals surface area contributed by atoms with E-state index in [0.717, 1.165) is 12.1 Å². The predicted molar refractivity (Wildman–Crippen MR) is 100 cm³/mol. The van der Waals surface area contributed by atoms with Crippen LogP contribution in [0.15, 0.2) is 36.4 Å². The van der Waals surface area contributed by atoms with E-state index in [9.17, 15) is 52.7 Å². The third-order valence-corrected chi connectivity index (χ3v) is 4.29. The van der Waals surface area contributed by atoms with Gasteiger partial charge in [-0.05, 0) is 35.4 Å². The van der Waals surface area contributed by atoms with Gasteiger partial charge in [0.05, 0.1) is 22.7 Å². The second-order valence-electron chi connectivity index (χ2n) is 6.84. The van der Waals surface area contributed by atoms with Gasteiger partial charge in [-0.15, -0.1) is 0 Å². The van der Waals surface area contributed by atoms with E-state index in [4.69, 9.17) is 22.9 Å². The number of benzene rings is 2. The van der Waals surface area contributed by atoms with Crippen molar-refractivity contribution < 1.29 is 52.7 Å². The van der Waals surface area contributed by atoms with E-state index < -0.39 is 59.0 Å². The third kappa shape index (κ3) is 6.44. The first-order valence-corrected chi connectivity index (χ1v) is 8.61. The Labute approximate surface area is 183 Å². The average Bonchev–Trinajstić information content (AvgIpc) is 2.56. The third-order valence-electron chi connectivity index (χ3n) is 4.29. The first-order valence-electron chi connectivity index (χ1n) is 8.61. The highest BCUT2D eigenvalue weighted by Gasteiger charge is 2.72. The lowest BCUT2D eigenvalue weighted by atomic mass is 9.72. The van der Waals surface area contributed by atoms with Crippen LogP contribution in [0.25, 0.3) is 0 Å². The lowest BCUT2D eigenvalue weighted by Crippen LogP contribution is -2.54. The molecule has 0 aliphatic heterocycles. The molecule has 8 N–H and O–H groups in total. The molecule has 34 heavy (non-hydrogen) atoms. The van der Waals surface area contributed by atoms with Gasteiger partial charge in [-0.1, -0.05) is 12.1 Å². The highest BCUT2D eigenvalue weighted by molar-refractivity contribution is 5.68. The Morgan fingerprint density at radius 3 is 0.941 bits per heavy atom. The monoisotopic (exact) mass is 516 g/mol. The van der Waals surface area contributed by atoms with Crippen LogP contribution in [0.1, 0.15) is 17.5 Å². The first kappa shape index (κ1) is 28.8. The van der Waals surface area contributed by atoms with Gasteiger partial charge in [0.2, 0.25) is 5.41 Å². The van der Waals surface area contributed by atoms with Gasteiger partial charge in [0.15, 0.2) is 0 Å². The molecular weight excluding hydrogens is 500 g/mol. The SMILES string of the molecule is FC(F)(F)CC(F)(F)F.Nc1ccc(C(c2ccc(N)c(N)c2)(C(F)(F)F)C(F)(F)F)cc1N. The molecule has 0 saturated carbocycles. The Hall–Kier alpha value is -3.20. The normalized spacial score (nSPS) is 13.3. The minimum absolute atomic E-state index is 0.140. The number of nitrogens with two attached hydrogens (primary N) is 4. The fourth-order valence-corrected chi connectivity index (χ4v) is 2.83. The van der Waals surface area contributed by atoms with Gasteiger partial charge in [-0.25, -0.2) is 0 Å². The maximum atomic E-state index is 13.8. The molecule has 0 heterocycles. The van der Waals surface area contributed by atoms with E-state index in [2.05, 4.69) is 0 Å². The Kier molecular flexibility index (Phi) is 7.81. The average molecular weight is 516 g/mol. The van der Waals surface area contributed by atoms with Crippen LogP contribution in [0, 0.1) is 0 Å². The van der Waals surface area contributed by atoms with Crippen molar-refractivity contribution in [3.8, 4) is 0 Å². The second-order valence-corrected chi connectivity index (χ2v) is 6.84. The van der Waals surface area contributed by atoms with Crippen molar-refractivity contribution >= 4 is 22.7 Å². The van der Waals surface area contributed by atoms with Gasteiger partial charge in [0.1, 0.15) is 6.42 Å². The van der Waals surface area contributed by atoms with Gasteiger partial charge in [0.25, 0.3) is 0 Å². The van der Waals surface area contributed by atoms with Crippen molar-refractivity contribution in [2.45, 2.75) is 36.5 Å². The number of hydrogen-bond acceptors (Lipinski definition) is 4. The highest BCUT2D eigenvalue weighted by atomic mass is 19.4. The van der Waals surface area contributed by atoms with E-state index in [-0.39, 0.29) is 11.4 Å². The Balaban J connectivity index is 0.000000546. The number of hydrogen-bond donors (Lipinski definition) is 4. The molecule has 0 aromatic heterocycles. The fourth-order valence-electron chi connectivity index (χ4n) is 2.83. The van der Waals surface area contributed by atoms with Gasteiger partial charge in [-0.2, -0.15) is 52.7 Å². The highest BCUT2D eigenvalue weighted by Crippen LogP contribution is 2.57. The predicted octanol–water partition coefficient (Wildman–Crippen LogP) is 5.93. The van der Waals surface area contributed by atoms with Crippen LogP contribution >= 0.6 is 0 Å². The van der Waals surface area contributed by atoms with Gasteiger partial charge in [0, 0.05) is 0 Å². The number of nitrogen functional groups attached to an aromatic ring is 4. The van der Waals surface area contributed by atoms with E-state index >= 15 is 0 Å². The van der Waals surface area contributed by atoms with Crippen LogP contribution in [0.3, 0.4) is 0 Å². The Morgan fingerprint density at radius 2 is 0.765 bits per heavy atom. The summed E-state index contributed by atoms with van der Waals surface area (Å²) in [6.07, 6.45) is -24.5. The zero-order chi connectivity index (χ0) is 26.9. The van der Waals surface area contributed by atoms with Crippen LogP contribution in [-0.2, 0) is 5.41 Å². The van der Waals surface area contributed by atoms with Crippen LogP contribution in [0.5, 0.6) is 0 Å². The maximum absolute atomic E-state index is 13.8. The van der Waals surface area contributed by atoms with Crippen LogP contribution < -0.4 is 22.9 Å². The van der Waals surface area contributed by atoms with Crippen molar-refractivity contribution in [2.75, 3.05) is 22.9 Å². The van der Waals surface area contributed by atoms with Gasteiger partial charge in [-0.3, -0.25) is 0 Å². The standard InChI is InChI=1S/C15H14F6N4.C3H2F6/c16-14(17,18)13(15(19,20)21,7-1-3-9(22)11(24)5-7)8-2-4-10(23)12(25)6-8;4-2(5,6)1-3(7,8)9/h1-6H,22-25H2;1H2. The Morgan fingerprint density at radius 1 is 0.471 bits per heavy atom. The molecule has 0 unspecified atom stereocenters. The molecule has 2 aromatic carbocycles.